The van der Waals surface area contributed by atoms with Gasteiger partial charge in [0.15, 0.2) is 5.16 Å². The predicted octanol–water partition coefficient (Wildman–Crippen LogP) is 4.90. The quantitative estimate of drug-likeness (QED) is 0.287. The normalized spacial score (nSPS) is 10.7. The number of fused-ring (bicyclic) bond motifs is 1. The number of aromatic nitrogens is 2. The van der Waals surface area contributed by atoms with Crippen molar-refractivity contribution in [3.63, 3.8) is 0 Å². The molecule has 1 heterocycles. The molecule has 0 aliphatic rings. The van der Waals surface area contributed by atoms with Gasteiger partial charge in [0.05, 0.1) is 22.3 Å². The molecule has 0 spiro atoms. The van der Waals surface area contributed by atoms with Crippen LogP contribution >= 0.6 is 27.7 Å². The molecule has 0 fully saturated rings. The first-order valence-corrected chi connectivity index (χ1v) is 11.8. The number of hydrogen-bond acceptors (Lipinski definition) is 5. The Labute approximate surface area is 202 Å². The molecule has 4 rings (SSSR count). The molecule has 33 heavy (non-hydrogen) atoms. The van der Waals surface area contributed by atoms with Crippen molar-refractivity contribution in [2.24, 2.45) is 0 Å². The number of aryl methyl sites for hydroxylation is 1. The third-order valence-electron chi connectivity index (χ3n) is 4.79. The molecular weight excluding hydrogens is 504 g/mol. The number of benzene rings is 3. The molecule has 1 aromatic heterocycles. The maximum Gasteiger partial charge on any atom is 0.325 e. The molecule has 3 amide bonds. The minimum absolute atomic E-state index is 0.0947. The highest BCUT2D eigenvalue weighted by molar-refractivity contribution is 9.10. The van der Waals surface area contributed by atoms with Gasteiger partial charge in [-0.15, -0.1) is 0 Å². The van der Waals surface area contributed by atoms with Crippen molar-refractivity contribution in [1.82, 2.24) is 14.9 Å². The summed E-state index contributed by atoms with van der Waals surface area (Å²) >= 11 is 4.48. The molecule has 2 N–H and O–H groups in total. The van der Waals surface area contributed by atoms with Crippen LogP contribution in [0.3, 0.4) is 0 Å². The van der Waals surface area contributed by atoms with E-state index in [4.69, 9.17) is 0 Å². The number of carbonyl (C=O) groups is 2. The van der Waals surface area contributed by atoms with Gasteiger partial charge in [0.1, 0.15) is 0 Å². The van der Waals surface area contributed by atoms with E-state index < -0.39 is 11.9 Å². The van der Waals surface area contributed by atoms with Crippen molar-refractivity contribution in [3.05, 3.63) is 93.2 Å². The molecule has 3 aromatic carbocycles. The number of carbonyl (C=O) groups excluding carboxylic acids is 2. The van der Waals surface area contributed by atoms with Crippen LogP contribution in [0.15, 0.2) is 87.2 Å². The van der Waals surface area contributed by atoms with E-state index in [0.29, 0.717) is 27.4 Å². The molecular formula is C24H19BrN4O3S. The molecule has 166 valence electrons. The number of nitrogens with zero attached hydrogens (tertiary/aromatic N) is 2. The summed E-state index contributed by atoms with van der Waals surface area (Å²) in [6, 6.07) is 21.0. The van der Waals surface area contributed by atoms with Crippen LogP contribution in [-0.4, -0.2) is 27.2 Å². The average Bonchev–Trinajstić information content (AvgIpc) is 2.80. The molecule has 0 saturated heterocycles. The maximum atomic E-state index is 13.3. The van der Waals surface area contributed by atoms with E-state index in [9.17, 15) is 14.4 Å². The van der Waals surface area contributed by atoms with E-state index in [1.54, 1.807) is 42.5 Å². The maximum absolute atomic E-state index is 13.3. The smallest absolute Gasteiger partial charge is 0.307 e. The first-order valence-electron chi connectivity index (χ1n) is 9.99. The largest absolute Gasteiger partial charge is 0.325 e. The van der Waals surface area contributed by atoms with Crippen molar-refractivity contribution < 1.29 is 9.59 Å². The van der Waals surface area contributed by atoms with Gasteiger partial charge in [-0.25, -0.2) is 9.78 Å². The van der Waals surface area contributed by atoms with Crippen LogP contribution < -0.4 is 16.2 Å². The second kappa shape index (κ2) is 10.0. The SMILES string of the molecule is Cc1ccccc1NC(=O)NC(=O)CSc1nc2ccc(Br)cc2c(=O)n1-c1ccccc1. The summed E-state index contributed by atoms with van der Waals surface area (Å²) in [6.45, 7) is 1.86. The van der Waals surface area contributed by atoms with E-state index in [-0.39, 0.29) is 11.3 Å². The molecule has 9 heteroatoms. The molecule has 0 aliphatic carbocycles. The number of urea groups is 1. The zero-order valence-electron chi connectivity index (χ0n) is 17.5. The van der Waals surface area contributed by atoms with Crippen molar-refractivity contribution in [2.45, 2.75) is 12.1 Å². The first kappa shape index (κ1) is 22.8. The van der Waals surface area contributed by atoms with Crippen molar-refractivity contribution in [2.75, 3.05) is 11.1 Å². The molecule has 0 bridgehead atoms. The summed E-state index contributed by atoms with van der Waals surface area (Å²) in [5.41, 5.74) is 2.42. The van der Waals surface area contributed by atoms with Gasteiger partial charge in [0.25, 0.3) is 5.56 Å². The summed E-state index contributed by atoms with van der Waals surface area (Å²) in [6.07, 6.45) is 0. The van der Waals surface area contributed by atoms with Crippen molar-refractivity contribution in [1.29, 1.82) is 0 Å². The minimum Gasteiger partial charge on any atom is -0.307 e. The number of imide groups is 1. The van der Waals surface area contributed by atoms with Gasteiger partial charge in [0.2, 0.25) is 5.91 Å². The molecule has 0 radical (unpaired) electrons. The Balaban J connectivity index is 1.56. The fourth-order valence-electron chi connectivity index (χ4n) is 3.20. The van der Waals surface area contributed by atoms with E-state index in [1.807, 2.05) is 37.3 Å². The lowest BCUT2D eigenvalue weighted by atomic mass is 10.2. The Morgan fingerprint density at radius 2 is 1.76 bits per heavy atom. The highest BCUT2D eigenvalue weighted by Gasteiger charge is 2.16. The molecule has 7 nitrogen and oxygen atoms in total. The van der Waals surface area contributed by atoms with Crippen LogP contribution in [0.1, 0.15) is 5.56 Å². The average molecular weight is 523 g/mol. The van der Waals surface area contributed by atoms with Gasteiger partial charge < -0.3 is 5.32 Å². The predicted molar refractivity (Wildman–Crippen MR) is 134 cm³/mol. The van der Waals surface area contributed by atoms with Crippen molar-refractivity contribution in [3.8, 4) is 5.69 Å². The van der Waals surface area contributed by atoms with E-state index in [0.717, 1.165) is 21.8 Å². The van der Waals surface area contributed by atoms with Gasteiger partial charge in [-0.2, -0.15) is 0 Å². The summed E-state index contributed by atoms with van der Waals surface area (Å²) in [5.74, 6) is -0.599. The number of hydrogen-bond donors (Lipinski definition) is 2. The van der Waals surface area contributed by atoms with E-state index in [2.05, 4.69) is 31.5 Å². The minimum atomic E-state index is -0.619. The summed E-state index contributed by atoms with van der Waals surface area (Å²) < 4.78 is 2.24. The highest BCUT2D eigenvalue weighted by atomic mass is 79.9. The third-order valence-corrected chi connectivity index (χ3v) is 6.22. The number of amides is 3. The first-order chi connectivity index (χ1) is 15.9. The summed E-state index contributed by atoms with van der Waals surface area (Å²) in [7, 11) is 0. The van der Waals surface area contributed by atoms with Crippen LogP contribution in [-0.2, 0) is 4.79 Å². The second-order valence-corrected chi connectivity index (χ2v) is 9.00. The Kier molecular flexibility index (Phi) is 6.90. The molecule has 0 atom stereocenters. The lowest BCUT2D eigenvalue weighted by Crippen LogP contribution is -2.35. The van der Waals surface area contributed by atoms with Gasteiger partial charge in [-0.05, 0) is 48.9 Å². The Bertz CT molecular complexity index is 1410. The zero-order valence-corrected chi connectivity index (χ0v) is 19.9. The van der Waals surface area contributed by atoms with Crippen LogP contribution in [0.4, 0.5) is 10.5 Å². The molecule has 4 aromatic rings. The van der Waals surface area contributed by atoms with Gasteiger partial charge >= 0.3 is 6.03 Å². The number of halogens is 1. The monoisotopic (exact) mass is 522 g/mol. The number of rotatable bonds is 5. The number of thioether (sulfide) groups is 1. The summed E-state index contributed by atoms with van der Waals surface area (Å²) in [5, 5.41) is 5.79. The third kappa shape index (κ3) is 5.32. The molecule has 0 saturated carbocycles. The standard InChI is InChI=1S/C24H19BrN4O3S/c1-15-7-5-6-10-19(15)26-23(32)28-21(30)14-33-24-27-20-12-11-16(25)13-18(20)22(31)29(24)17-8-3-2-4-9-17/h2-13H,14H2,1H3,(H2,26,28,30,32). The van der Waals surface area contributed by atoms with Gasteiger partial charge in [0, 0.05) is 10.2 Å². The highest BCUT2D eigenvalue weighted by Crippen LogP contribution is 2.23. The van der Waals surface area contributed by atoms with Crippen LogP contribution in [0.25, 0.3) is 16.6 Å². The fraction of sp³-hybridized carbons (Fsp3) is 0.0833. The number of anilines is 1. The van der Waals surface area contributed by atoms with Gasteiger partial charge in [-0.3, -0.25) is 19.5 Å². The lowest BCUT2D eigenvalue weighted by molar-refractivity contribution is -0.117. The number of nitrogens with one attached hydrogen (secondary N) is 2. The zero-order chi connectivity index (χ0) is 23.4. The fourth-order valence-corrected chi connectivity index (χ4v) is 4.37. The van der Waals surface area contributed by atoms with E-state index in [1.165, 1.54) is 4.57 Å². The van der Waals surface area contributed by atoms with Crippen LogP contribution in [0.2, 0.25) is 0 Å². The summed E-state index contributed by atoms with van der Waals surface area (Å²) in [4.78, 5) is 42.5. The lowest BCUT2D eigenvalue weighted by Gasteiger charge is -2.13. The molecule has 0 unspecified atom stereocenters. The van der Waals surface area contributed by atoms with Crippen molar-refractivity contribution >= 4 is 56.2 Å². The van der Waals surface area contributed by atoms with Crippen LogP contribution in [0, 0.1) is 6.92 Å². The van der Waals surface area contributed by atoms with Crippen LogP contribution in [0.5, 0.6) is 0 Å². The second-order valence-electron chi connectivity index (χ2n) is 7.14. The van der Waals surface area contributed by atoms with E-state index >= 15 is 0 Å². The molecule has 0 aliphatic heterocycles. The Hall–Kier alpha value is -3.43. The topological polar surface area (TPSA) is 93.1 Å². The Morgan fingerprint density at radius 3 is 2.52 bits per heavy atom. The van der Waals surface area contributed by atoms with Gasteiger partial charge in [-0.1, -0.05) is 64.1 Å². The number of para-hydroxylation sites is 2. The Morgan fingerprint density at radius 1 is 1.03 bits per heavy atom.